The summed E-state index contributed by atoms with van der Waals surface area (Å²) in [5, 5.41) is 10.6. The molecule has 20 heavy (non-hydrogen) atoms. The molecule has 2 aromatic rings. The number of aliphatic hydroxyl groups excluding tert-OH is 1. The van der Waals surface area contributed by atoms with Crippen molar-refractivity contribution >= 4 is 11.6 Å². The van der Waals surface area contributed by atoms with Gasteiger partial charge in [-0.15, -0.1) is 0 Å². The smallest absolute Gasteiger partial charge is 0.133 e. The lowest BCUT2D eigenvalue weighted by molar-refractivity contribution is 0.0622. The Bertz CT molecular complexity index is 640. The molecule has 2 aromatic carbocycles. The van der Waals surface area contributed by atoms with Crippen molar-refractivity contribution < 1.29 is 18.6 Å². The van der Waals surface area contributed by atoms with Gasteiger partial charge in [0.2, 0.25) is 0 Å². The summed E-state index contributed by atoms with van der Waals surface area (Å²) in [4.78, 5) is 0. The number of rotatable bonds is 1. The minimum Gasteiger partial charge on any atom is -0.485 e. The Balaban J connectivity index is 2.01. The summed E-state index contributed by atoms with van der Waals surface area (Å²) in [6, 6.07) is 8.42. The van der Waals surface area contributed by atoms with Gasteiger partial charge in [-0.25, -0.2) is 8.78 Å². The lowest BCUT2D eigenvalue weighted by Gasteiger charge is -2.30. The van der Waals surface area contributed by atoms with Crippen LogP contribution < -0.4 is 4.74 Å². The highest BCUT2D eigenvalue weighted by molar-refractivity contribution is 6.30. The lowest BCUT2D eigenvalue weighted by Crippen LogP contribution is -2.21. The molecule has 1 heterocycles. The highest BCUT2D eigenvalue weighted by Gasteiger charge is 2.31. The monoisotopic (exact) mass is 296 g/mol. The molecule has 0 saturated carbocycles. The minimum atomic E-state index is -0.874. The van der Waals surface area contributed by atoms with Gasteiger partial charge in [0, 0.05) is 17.0 Å². The molecule has 0 bridgehead atoms. The predicted octanol–water partition coefficient (Wildman–Crippen LogP) is 4.18. The van der Waals surface area contributed by atoms with Crippen LogP contribution in [0.3, 0.4) is 0 Å². The van der Waals surface area contributed by atoms with Crippen molar-refractivity contribution in [1.82, 2.24) is 0 Å². The van der Waals surface area contributed by atoms with Gasteiger partial charge in [-0.3, -0.25) is 0 Å². The first-order valence-corrected chi connectivity index (χ1v) is 6.52. The zero-order chi connectivity index (χ0) is 14.3. The van der Waals surface area contributed by atoms with Crippen molar-refractivity contribution in [2.45, 2.75) is 18.6 Å². The van der Waals surface area contributed by atoms with Crippen molar-refractivity contribution in [2.24, 2.45) is 0 Å². The maximum absolute atomic E-state index is 13.8. The van der Waals surface area contributed by atoms with Gasteiger partial charge in [0.05, 0.1) is 11.7 Å². The predicted molar refractivity (Wildman–Crippen MR) is 70.8 cm³/mol. The topological polar surface area (TPSA) is 29.5 Å². The Morgan fingerprint density at radius 1 is 1.15 bits per heavy atom. The molecule has 1 aliphatic rings. The van der Waals surface area contributed by atoms with E-state index >= 15 is 0 Å². The van der Waals surface area contributed by atoms with Crippen LogP contribution in [-0.2, 0) is 0 Å². The molecule has 2 atom stereocenters. The van der Waals surface area contributed by atoms with Crippen molar-refractivity contribution in [1.29, 1.82) is 0 Å². The van der Waals surface area contributed by atoms with E-state index in [1.54, 1.807) is 18.2 Å². The molecule has 0 spiro atoms. The molecule has 0 amide bonds. The molecule has 5 heteroatoms. The lowest BCUT2D eigenvalue weighted by atomic mass is 9.94. The number of hydrogen-bond acceptors (Lipinski definition) is 2. The van der Waals surface area contributed by atoms with Gasteiger partial charge in [0.15, 0.2) is 0 Å². The van der Waals surface area contributed by atoms with Gasteiger partial charge in [-0.2, -0.15) is 0 Å². The minimum absolute atomic E-state index is 0.0746. The van der Waals surface area contributed by atoms with E-state index in [9.17, 15) is 13.9 Å². The van der Waals surface area contributed by atoms with Gasteiger partial charge in [-0.05, 0) is 30.3 Å². The van der Waals surface area contributed by atoms with Crippen molar-refractivity contribution in [3.05, 3.63) is 64.2 Å². The number of aliphatic hydroxyl groups is 1. The molecule has 1 N–H and O–H groups in total. The Morgan fingerprint density at radius 3 is 2.55 bits per heavy atom. The van der Waals surface area contributed by atoms with E-state index in [1.807, 2.05) is 0 Å². The molecular formula is C15H11ClF2O2. The SMILES string of the molecule is OC1CC(c2c(F)cccc2F)Oc2ccc(Cl)cc21. The third-order valence-corrected chi connectivity index (χ3v) is 3.59. The van der Waals surface area contributed by atoms with Crippen molar-refractivity contribution in [2.75, 3.05) is 0 Å². The number of halogens is 3. The van der Waals surface area contributed by atoms with E-state index in [-0.39, 0.29) is 12.0 Å². The first-order chi connectivity index (χ1) is 9.56. The number of benzene rings is 2. The zero-order valence-electron chi connectivity index (χ0n) is 10.3. The Morgan fingerprint density at radius 2 is 1.85 bits per heavy atom. The van der Waals surface area contributed by atoms with Crippen LogP contribution >= 0.6 is 11.6 Å². The molecule has 2 nitrogen and oxygen atoms in total. The first kappa shape index (κ1) is 13.3. The van der Waals surface area contributed by atoms with Crippen molar-refractivity contribution in [3.63, 3.8) is 0 Å². The summed E-state index contributed by atoms with van der Waals surface area (Å²) < 4.78 is 33.2. The van der Waals surface area contributed by atoms with Gasteiger partial charge < -0.3 is 9.84 Å². The number of fused-ring (bicyclic) bond motifs is 1. The molecule has 0 fully saturated rings. The molecule has 2 unspecified atom stereocenters. The largest absolute Gasteiger partial charge is 0.485 e. The number of ether oxygens (including phenoxy) is 1. The second kappa shape index (κ2) is 5.04. The van der Waals surface area contributed by atoms with Crippen LogP contribution in [0, 0.1) is 11.6 Å². The average molecular weight is 297 g/mol. The van der Waals surface area contributed by atoms with E-state index in [4.69, 9.17) is 16.3 Å². The van der Waals surface area contributed by atoms with Crippen LogP contribution in [0.25, 0.3) is 0 Å². The summed E-state index contributed by atoms with van der Waals surface area (Å²) in [7, 11) is 0. The molecule has 3 rings (SSSR count). The van der Waals surface area contributed by atoms with Crippen LogP contribution in [-0.4, -0.2) is 5.11 Å². The van der Waals surface area contributed by atoms with E-state index < -0.39 is 23.8 Å². The zero-order valence-corrected chi connectivity index (χ0v) is 11.1. The van der Waals surface area contributed by atoms with Crippen LogP contribution in [0.1, 0.15) is 29.8 Å². The molecular weight excluding hydrogens is 286 g/mol. The highest BCUT2D eigenvalue weighted by atomic mass is 35.5. The van der Waals surface area contributed by atoms with E-state index in [0.29, 0.717) is 16.3 Å². The van der Waals surface area contributed by atoms with Crippen LogP contribution in [0.4, 0.5) is 8.78 Å². The maximum Gasteiger partial charge on any atom is 0.133 e. The van der Waals surface area contributed by atoms with Gasteiger partial charge in [0.1, 0.15) is 23.5 Å². The molecule has 0 radical (unpaired) electrons. The summed E-state index contributed by atoms with van der Waals surface area (Å²) in [5.41, 5.74) is 0.373. The van der Waals surface area contributed by atoms with E-state index in [1.165, 1.54) is 18.2 Å². The normalized spacial score (nSPS) is 21.2. The summed E-state index contributed by atoms with van der Waals surface area (Å²) in [6.45, 7) is 0. The Hall–Kier alpha value is -1.65. The number of hydrogen-bond donors (Lipinski definition) is 1. The molecule has 0 aliphatic carbocycles. The summed E-state index contributed by atoms with van der Waals surface area (Å²) >= 11 is 5.86. The summed E-state index contributed by atoms with van der Waals surface area (Å²) in [6.07, 6.45) is -1.66. The fourth-order valence-corrected chi connectivity index (χ4v) is 2.59. The van der Waals surface area contributed by atoms with Gasteiger partial charge >= 0.3 is 0 Å². The Kier molecular flexibility index (Phi) is 3.36. The quantitative estimate of drug-likeness (QED) is 0.855. The Labute approximate surface area is 119 Å². The average Bonchev–Trinajstić information content (AvgIpc) is 2.39. The van der Waals surface area contributed by atoms with E-state index in [0.717, 1.165) is 0 Å². The second-order valence-electron chi connectivity index (χ2n) is 4.68. The highest BCUT2D eigenvalue weighted by Crippen LogP contribution is 2.42. The molecule has 1 aliphatic heterocycles. The van der Waals surface area contributed by atoms with Crippen LogP contribution in [0.15, 0.2) is 36.4 Å². The fourth-order valence-electron chi connectivity index (χ4n) is 2.41. The molecule has 104 valence electrons. The molecule has 0 saturated heterocycles. The van der Waals surface area contributed by atoms with Gasteiger partial charge in [-0.1, -0.05) is 17.7 Å². The third kappa shape index (κ3) is 2.25. The van der Waals surface area contributed by atoms with E-state index in [2.05, 4.69) is 0 Å². The second-order valence-corrected chi connectivity index (χ2v) is 5.11. The van der Waals surface area contributed by atoms with Gasteiger partial charge in [0.25, 0.3) is 0 Å². The third-order valence-electron chi connectivity index (χ3n) is 3.36. The van der Waals surface area contributed by atoms with Crippen LogP contribution in [0.5, 0.6) is 5.75 Å². The standard InChI is InChI=1S/C15H11ClF2O2/c16-8-4-5-13-9(6-8)12(19)7-14(20-13)15-10(17)2-1-3-11(15)18/h1-6,12,14,19H,7H2. The fraction of sp³-hybridized carbons (Fsp3) is 0.200. The first-order valence-electron chi connectivity index (χ1n) is 6.14. The van der Waals surface area contributed by atoms with Crippen LogP contribution in [0.2, 0.25) is 5.02 Å². The molecule has 0 aromatic heterocycles. The van der Waals surface area contributed by atoms with Crippen molar-refractivity contribution in [3.8, 4) is 5.75 Å². The summed E-state index contributed by atoms with van der Waals surface area (Å²) in [5.74, 6) is -0.972. The maximum atomic E-state index is 13.8.